The fourth-order valence-corrected chi connectivity index (χ4v) is 4.66. The zero-order chi connectivity index (χ0) is 23.3. The molecule has 168 valence electrons. The van der Waals surface area contributed by atoms with E-state index in [0.29, 0.717) is 30.0 Å². The zero-order valence-electron chi connectivity index (χ0n) is 19.0. The number of anilines is 2. The van der Waals surface area contributed by atoms with E-state index in [-0.39, 0.29) is 5.91 Å². The maximum Gasteiger partial charge on any atom is 0.255 e. The molecular weight excluding hydrogens is 414 g/mol. The normalized spacial score (nSPS) is 12.2. The highest BCUT2D eigenvalue weighted by Crippen LogP contribution is 2.27. The highest BCUT2D eigenvalue weighted by Gasteiger charge is 2.31. The molecule has 2 aromatic carbocycles. The van der Waals surface area contributed by atoms with Gasteiger partial charge in [0, 0.05) is 13.1 Å². The van der Waals surface area contributed by atoms with Crippen LogP contribution in [-0.4, -0.2) is 50.5 Å². The molecule has 0 aliphatic rings. The summed E-state index contributed by atoms with van der Waals surface area (Å²) in [5.74, 6) is -0.714. The second-order valence-corrected chi connectivity index (χ2v) is 9.40. The highest BCUT2D eigenvalue weighted by molar-refractivity contribution is 7.92. The van der Waals surface area contributed by atoms with E-state index in [9.17, 15) is 18.0 Å². The number of hydrogen-bond acceptors (Lipinski definition) is 4. The highest BCUT2D eigenvalue weighted by atomic mass is 32.2. The number of hydrogen-bond donors (Lipinski definition) is 1. The number of aryl methyl sites for hydroxylation is 2. The van der Waals surface area contributed by atoms with E-state index >= 15 is 0 Å². The van der Waals surface area contributed by atoms with Crippen LogP contribution in [0.15, 0.2) is 42.5 Å². The molecule has 8 heteroatoms. The number of nitrogens with zero attached hydrogens (tertiary/aromatic N) is 2. The van der Waals surface area contributed by atoms with E-state index in [4.69, 9.17) is 0 Å². The molecule has 0 fully saturated rings. The van der Waals surface area contributed by atoms with Gasteiger partial charge in [-0.2, -0.15) is 0 Å². The predicted octanol–water partition coefficient (Wildman–Crippen LogP) is 3.58. The van der Waals surface area contributed by atoms with Gasteiger partial charge in [0.2, 0.25) is 15.9 Å². The Morgan fingerprint density at radius 1 is 1.03 bits per heavy atom. The number of rotatable bonds is 8. The van der Waals surface area contributed by atoms with Gasteiger partial charge >= 0.3 is 0 Å². The van der Waals surface area contributed by atoms with Crippen LogP contribution in [0.25, 0.3) is 0 Å². The summed E-state index contributed by atoms with van der Waals surface area (Å²) < 4.78 is 26.4. The molecule has 0 aliphatic carbocycles. The molecule has 0 radical (unpaired) electrons. The number of carbonyl (C=O) groups is 2. The van der Waals surface area contributed by atoms with Crippen molar-refractivity contribution >= 4 is 33.2 Å². The van der Waals surface area contributed by atoms with Gasteiger partial charge in [0.25, 0.3) is 5.91 Å². The third-order valence-electron chi connectivity index (χ3n) is 5.16. The summed E-state index contributed by atoms with van der Waals surface area (Å²) in [6.07, 6.45) is 1.08. The van der Waals surface area contributed by atoms with Gasteiger partial charge in [0.15, 0.2) is 0 Å². The minimum absolute atomic E-state index is 0.192. The first-order valence-corrected chi connectivity index (χ1v) is 12.1. The van der Waals surface area contributed by atoms with Gasteiger partial charge in [-0.1, -0.05) is 24.3 Å². The number of carbonyl (C=O) groups excluding carboxylic acids is 2. The van der Waals surface area contributed by atoms with Crippen LogP contribution < -0.4 is 9.62 Å². The summed E-state index contributed by atoms with van der Waals surface area (Å²) in [5, 5.41) is 2.76. The van der Waals surface area contributed by atoms with Crippen LogP contribution in [0.2, 0.25) is 0 Å². The lowest BCUT2D eigenvalue weighted by atomic mass is 10.1. The quantitative estimate of drug-likeness (QED) is 0.673. The lowest BCUT2D eigenvalue weighted by Gasteiger charge is -2.30. The van der Waals surface area contributed by atoms with Gasteiger partial charge in [-0.25, -0.2) is 8.42 Å². The van der Waals surface area contributed by atoms with E-state index in [1.165, 1.54) is 6.92 Å². The molecule has 0 saturated carbocycles. The largest absolute Gasteiger partial charge is 0.339 e. The van der Waals surface area contributed by atoms with Gasteiger partial charge < -0.3 is 10.2 Å². The fourth-order valence-electron chi connectivity index (χ4n) is 3.43. The van der Waals surface area contributed by atoms with Crippen molar-refractivity contribution in [3.05, 3.63) is 59.2 Å². The SMILES string of the molecule is CCN(CC)C(=O)c1ccccc1NC(=O)[C@H](C)N(c1cc(C)ccc1C)S(C)(=O)=O. The summed E-state index contributed by atoms with van der Waals surface area (Å²) in [7, 11) is -3.74. The predicted molar refractivity (Wildman–Crippen MR) is 125 cm³/mol. The van der Waals surface area contributed by atoms with E-state index < -0.39 is 22.0 Å². The molecule has 0 spiro atoms. The average Bonchev–Trinajstić information content (AvgIpc) is 2.70. The van der Waals surface area contributed by atoms with Crippen LogP contribution in [0.1, 0.15) is 42.3 Å². The molecule has 2 amide bonds. The van der Waals surface area contributed by atoms with Crippen molar-refractivity contribution in [3.63, 3.8) is 0 Å². The van der Waals surface area contributed by atoms with E-state index in [1.54, 1.807) is 42.2 Å². The molecule has 0 heterocycles. The second kappa shape index (κ2) is 9.96. The van der Waals surface area contributed by atoms with Crippen LogP contribution in [0, 0.1) is 13.8 Å². The Morgan fingerprint density at radius 3 is 2.23 bits per heavy atom. The molecule has 2 rings (SSSR count). The van der Waals surface area contributed by atoms with E-state index in [1.807, 2.05) is 32.9 Å². The molecule has 1 atom stereocenters. The van der Waals surface area contributed by atoms with Crippen LogP contribution >= 0.6 is 0 Å². The molecule has 2 aromatic rings. The Kier molecular flexibility index (Phi) is 7.84. The first kappa shape index (κ1) is 24.4. The Balaban J connectivity index is 2.41. The monoisotopic (exact) mass is 445 g/mol. The van der Waals surface area contributed by atoms with Crippen molar-refractivity contribution in [2.45, 2.75) is 40.7 Å². The maximum absolute atomic E-state index is 13.1. The molecule has 7 nitrogen and oxygen atoms in total. The third kappa shape index (κ3) is 5.64. The zero-order valence-corrected chi connectivity index (χ0v) is 19.8. The van der Waals surface area contributed by atoms with Gasteiger partial charge in [-0.05, 0) is 63.9 Å². The van der Waals surface area contributed by atoms with Gasteiger partial charge in [-0.15, -0.1) is 0 Å². The Labute approximate surface area is 185 Å². The minimum atomic E-state index is -3.74. The van der Waals surface area contributed by atoms with Crippen molar-refractivity contribution in [2.75, 3.05) is 29.0 Å². The fraction of sp³-hybridized carbons (Fsp3) is 0.391. The Bertz CT molecular complexity index is 1060. The Morgan fingerprint density at radius 2 is 1.65 bits per heavy atom. The minimum Gasteiger partial charge on any atom is -0.339 e. The number of benzene rings is 2. The van der Waals surface area contributed by atoms with Crippen molar-refractivity contribution in [1.82, 2.24) is 4.90 Å². The molecule has 0 unspecified atom stereocenters. The lowest BCUT2D eigenvalue weighted by Crippen LogP contribution is -2.46. The second-order valence-electron chi connectivity index (χ2n) is 7.54. The molecule has 0 aliphatic heterocycles. The standard InChI is InChI=1S/C23H31N3O4S/c1-7-25(8-2)23(28)19-11-9-10-12-20(19)24-22(27)18(5)26(31(6,29)30)21-15-16(3)13-14-17(21)4/h9-15,18H,7-8H2,1-6H3,(H,24,27)/t18-/m0/s1. The van der Waals surface area contributed by atoms with Crippen molar-refractivity contribution in [1.29, 1.82) is 0 Å². The first-order valence-electron chi connectivity index (χ1n) is 10.3. The van der Waals surface area contributed by atoms with Crippen LogP contribution in [0.3, 0.4) is 0 Å². The molecule has 0 bridgehead atoms. The Hall–Kier alpha value is -2.87. The van der Waals surface area contributed by atoms with Gasteiger partial charge in [0.1, 0.15) is 6.04 Å². The van der Waals surface area contributed by atoms with E-state index in [0.717, 1.165) is 21.7 Å². The van der Waals surface area contributed by atoms with Crippen molar-refractivity contribution in [2.24, 2.45) is 0 Å². The number of amides is 2. The number of para-hydroxylation sites is 1. The molecular formula is C23H31N3O4S. The maximum atomic E-state index is 13.1. The summed E-state index contributed by atoms with van der Waals surface area (Å²) in [4.78, 5) is 27.6. The van der Waals surface area contributed by atoms with E-state index in [2.05, 4.69) is 5.32 Å². The molecule has 0 saturated heterocycles. The van der Waals surface area contributed by atoms with Gasteiger partial charge in [-0.3, -0.25) is 13.9 Å². The summed E-state index contributed by atoms with van der Waals surface area (Å²) in [6.45, 7) is 10.1. The summed E-state index contributed by atoms with van der Waals surface area (Å²) in [5.41, 5.74) is 2.80. The number of sulfonamides is 1. The number of nitrogens with one attached hydrogen (secondary N) is 1. The molecule has 0 aromatic heterocycles. The topological polar surface area (TPSA) is 86.8 Å². The summed E-state index contributed by atoms with van der Waals surface area (Å²) >= 11 is 0. The first-order chi connectivity index (χ1) is 14.5. The van der Waals surface area contributed by atoms with Crippen molar-refractivity contribution < 1.29 is 18.0 Å². The van der Waals surface area contributed by atoms with Crippen molar-refractivity contribution in [3.8, 4) is 0 Å². The summed E-state index contributed by atoms with van der Waals surface area (Å²) in [6, 6.07) is 11.2. The van der Waals surface area contributed by atoms with Crippen LogP contribution in [-0.2, 0) is 14.8 Å². The molecule has 31 heavy (non-hydrogen) atoms. The molecule has 1 N–H and O–H groups in total. The van der Waals surface area contributed by atoms with Gasteiger partial charge in [0.05, 0.1) is 23.2 Å². The lowest BCUT2D eigenvalue weighted by molar-refractivity contribution is -0.116. The average molecular weight is 446 g/mol. The van der Waals surface area contributed by atoms with Crippen LogP contribution in [0.5, 0.6) is 0 Å². The van der Waals surface area contributed by atoms with Crippen LogP contribution in [0.4, 0.5) is 11.4 Å². The third-order valence-corrected chi connectivity index (χ3v) is 6.38. The smallest absolute Gasteiger partial charge is 0.255 e.